The Kier molecular flexibility index (Phi) is 4.49. The smallest absolute Gasteiger partial charge is 0.293 e. The number of ketones is 1. The van der Waals surface area contributed by atoms with Crippen LogP contribution in [0.1, 0.15) is 28.5 Å². The molecule has 2 aromatic heterocycles. The van der Waals surface area contributed by atoms with E-state index in [1.165, 1.54) is 25.1 Å². The number of para-hydroxylation sites is 1. The summed E-state index contributed by atoms with van der Waals surface area (Å²) in [6, 6.07) is 18.5. The van der Waals surface area contributed by atoms with E-state index in [0.717, 1.165) is 17.0 Å². The summed E-state index contributed by atoms with van der Waals surface area (Å²) >= 11 is 0. The maximum atomic E-state index is 13.3. The lowest BCUT2D eigenvalue weighted by Crippen LogP contribution is -2.10. The van der Waals surface area contributed by atoms with Crippen LogP contribution in [0.3, 0.4) is 0 Å². The third-order valence-corrected chi connectivity index (χ3v) is 4.76. The summed E-state index contributed by atoms with van der Waals surface area (Å²) in [5, 5.41) is 24.2. The number of nitro benzene ring substituents is 1. The molecule has 146 valence electrons. The minimum atomic E-state index is -0.658. The van der Waals surface area contributed by atoms with E-state index in [0.29, 0.717) is 11.1 Å². The molecular formula is C22H14N4O4. The molecular weight excluding hydrogens is 384 g/mol. The molecule has 4 rings (SSSR count). The molecule has 2 heterocycles. The van der Waals surface area contributed by atoms with Crippen molar-refractivity contribution in [1.29, 1.82) is 5.26 Å². The Balaban J connectivity index is 1.93. The van der Waals surface area contributed by atoms with Crippen molar-refractivity contribution in [2.45, 2.75) is 6.92 Å². The first-order valence-corrected chi connectivity index (χ1v) is 8.94. The molecule has 0 aliphatic rings. The van der Waals surface area contributed by atoms with Crippen molar-refractivity contribution in [1.82, 2.24) is 4.40 Å². The predicted molar refractivity (Wildman–Crippen MR) is 110 cm³/mol. The van der Waals surface area contributed by atoms with Crippen LogP contribution in [-0.2, 0) is 4.79 Å². The number of nitriles is 1. The number of anilines is 1. The van der Waals surface area contributed by atoms with Gasteiger partial charge >= 0.3 is 0 Å². The number of hydrogen-bond acceptors (Lipinski definition) is 5. The zero-order valence-electron chi connectivity index (χ0n) is 15.7. The lowest BCUT2D eigenvalue weighted by molar-refractivity contribution is -0.383. The molecule has 0 aliphatic carbocycles. The number of aromatic nitrogens is 1. The minimum absolute atomic E-state index is 0.00670. The van der Waals surface area contributed by atoms with Crippen molar-refractivity contribution >= 4 is 39.5 Å². The van der Waals surface area contributed by atoms with Crippen LogP contribution in [0.25, 0.3) is 16.4 Å². The quantitative estimate of drug-likeness (QED) is 0.316. The maximum Gasteiger partial charge on any atom is 0.293 e. The summed E-state index contributed by atoms with van der Waals surface area (Å²) in [6.45, 7) is 1.24. The minimum Gasteiger partial charge on any atom is -0.321 e. The summed E-state index contributed by atoms with van der Waals surface area (Å²) in [5.74, 6) is -0.930. The van der Waals surface area contributed by atoms with Crippen LogP contribution in [-0.4, -0.2) is 21.0 Å². The number of nitro groups is 1. The van der Waals surface area contributed by atoms with E-state index in [2.05, 4.69) is 11.4 Å². The number of nitrogens with zero attached hydrogens (tertiary/aromatic N) is 3. The molecule has 0 bridgehead atoms. The third kappa shape index (κ3) is 3.04. The average molecular weight is 398 g/mol. The van der Waals surface area contributed by atoms with Gasteiger partial charge in [-0.2, -0.15) is 5.26 Å². The zero-order chi connectivity index (χ0) is 21.4. The van der Waals surface area contributed by atoms with Crippen LogP contribution < -0.4 is 5.32 Å². The summed E-state index contributed by atoms with van der Waals surface area (Å²) in [4.78, 5) is 35.4. The van der Waals surface area contributed by atoms with E-state index in [1.54, 1.807) is 10.5 Å². The van der Waals surface area contributed by atoms with E-state index in [1.807, 2.05) is 30.3 Å². The van der Waals surface area contributed by atoms with Gasteiger partial charge in [-0.15, -0.1) is 0 Å². The molecule has 0 aliphatic heterocycles. The number of pyridine rings is 1. The van der Waals surface area contributed by atoms with Gasteiger partial charge in [0.2, 0.25) is 11.7 Å². The Hall–Kier alpha value is -4.51. The van der Waals surface area contributed by atoms with Crippen molar-refractivity contribution in [2.75, 3.05) is 5.32 Å². The molecule has 8 nitrogen and oxygen atoms in total. The van der Waals surface area contributed by atoms with Gasteiger partial charge in [-0.25, -0.2) is 0 Å². The second kappa shape index (κ2) is 7.14. The Morgan fingerprint density at radius 1 is 1.07 bits per heavy atom. The summed E-state index contributed by atoms with van der Waals surface area (Å²) in [7, 11) is 0. The van der Waals surface area contributed by atoms with Gasteiger partial charge in [0.15, 0.2) is 0 Å². The van der Waals surface area contributed by atoms with Crippen LogP contribution in [0.2, 0.25) is 0 Å². The maximum absolute atomic E-state index is 13.3. The number of amides is 1. The molecule has 0 unspecified atom stereocenters. The summed E-state index contributed by atoms with van der Waals surface area (Å²) in [5.41, 5.74) is 1.56. The zero-order valence-corrected chi connectivity index (χ0v) is 15.7. The molecule has 8 heteroatoms. The molecule has 0 atom stereocenters. The number of carbonyl (C=O) groups excluding carboxylic acids is 2. The second-order valence-electron chi connectivity index (χ2n) is 6.67. The fraction of sp³-hybridized carbons (Fsp3) is 0.0455. The average Bonchev–Trinajstić information content (AvgIpc) is 3.12. The van der Waals surface area contributed by atoms with Crippen molar-refractivity contribution in [3.63, 3.8) is 0 Å². The number of fused-ring (bicyclic) bond motifs is 3. The third-order valence-electron chi connectivity index (χ3n) is 4.76. The Morgan fingerprint density at radius 3 is 2.53 bits per heavy atom. The summed E-state index contributed by atoms with van der Waals surface area (Å²) < 4.78 is 1.68. The first-order chi connectivity index (χ1) is 14.4. The molecule has 0 spiro atoms. The lowest BCUT2D eigenvalue weighted by atomic mass is 10.1. The Labute approximate surface area is 170 Å². The van der Waals surface area contributed by atoms with Crippen molar-refractivity contribution in [3.05, 3.63) is 87.6 Å². The van der Waals surface area contributed by atoms with Gasteiger partial charge < -0.3 is 9.72 Å². The van der Waals surface area contributed by atoms with Gasteiger partial charge in [-0.05, 0) is 35.7 Å². The highest BCUT2D eigenvalue weighted by molar-refractivity contribution is 6.11. The van der Waals surface area contributed by atoms with Crippen molar-refractivity contribution in [2.24, 2.45) is 0 Å². The second-order valence-corrected chi connectivity index (χ2v) is 6.67. The Morgan fingerprint density at radius 2 is 1.83 bits per heavy atom. The topological polar surface area (TPSA) is 118 Å². The van der Waals surface area contributed by atoms with Gasteiger partial charge in [0, 0.05) is 18.6 Å². The molecule has 4 aromatic rings. The van der Waals surface area contributed by atoms with Gasteiger partial charge in [-0.3, -0.25) is 19.7 Å². The normalized spacial score (nSPS) is 10.7. The molecule has 1 amide bonds. The van der Waals surface area contributed by atoms with Crippen LogP contribution in [0.5, 0.6) is 0 Å². The van der Waals surface area contributed by atoms with E-state index in [-0.39, 0.29) is 22.6 Å². The number of rotatable bonds is 4. The van der Waals surface area contributed by atoms with Gasteiger partial charge in [0.1, 0.15) is 11.8 Å². The molecule has 0 saturated carbocycles. The van der Waals surface area contributed by atoms with Gasteiger partial charge in [0.05, 0.1) is 27.2 Å². The molecule has 2 aromatic carbocycles. The van der Waals surface area contributed by atoms with Crippen molar-refractivity contribution < 1.29 is 14.5 Å². The van der Waals surface area contributed by atoms with E-state index in [9.17, 15) is 25.0 Å². The highest BCUT2D eigenvalue weighted by Crippen LogP contribution is 2.29. The fourth-order valence-electron chi connectivity index (χ4n) is 3.47. The van der Waals surface area contributed by atoms with E-state index >= 15 is 0 Å². The summed E-state index contributed by atoms with van der Waals surface area (Å²) in [6.07, 6.45) is 0. The molecule has 1 N–H and O–H groups in total. The first kappa shape index (κ1) is 18.8. The Bertz CT molecular complexity index is 1410. The number of benzene rings is 2. The van der Waals surface area contributed by atoms with E-state index < -0.39 is 16.6 Å². The SMILES string of the molecule is CC(=O)Nc1ccc(C(=O)c2cc(C#N)c3ccc4ccccc4n23)cc1[N+](=O)[O-]. The number of hydrogen-bond donors (Lipinski definition) is 1. The monoisotopic (exact) mass is 398 g/mol. The number of carbonyl (C=O) groups is 2. The van der Waals surface area contributed by atoms with E-state index in [4.69, 9.17) is 0 Å². The van der Waals surface area contributed by atoms with Crippen LogP contribution in [0.15, 0.2) is 60.7 Å². The standard InChI is InChI=1S/C22H14N4O4/c1-13(27)24-17-8-6-15(10-20(17)26(29)30)22(28)21-11-16(12-23)19-9-7-14-4-2-3-5-18(14)25(19)21/h2-11H,1H3,(H,24,27). The largest absolute Gasteiger partial charge is 0.321 e. The van der Waals surface area contributed by atoms with Gasteiger partial charge in [-0.1, -0.05) is 24.3 Å². The fourth-order valence-corrected chi connectivity index (χ4v) is 3.47. The predicted octanol–water partition coefficient (Wildman–Crippen LogP) is 4.06. The van der Waals surface area contributed by atoms with Crippen LogP contribution >= 0.6 is 0 Å². The first-order valence-electron chi connectivity index (χ1n) is 8.94. The molecule has 30 heavy (non-hydrogen) atoms. The highest BCUT2D eigenvalue weighted by Gasteiger charge is 2.22. The van der Waals surface area contributed by atoms with Crippen LogP contribution in [0, 0.1) is 21.4 Å². The molecule has 0 radical (unpaired) electrons. The number of nitrogens with one attached hydrogen (secondary N) is 1. The van der Waals surface area contributed by atoms with Gasteiger partial charge in [0.25, 0.3) is 5.69 Å². The van der Waals surface area contributed by atoms with Crippen LogP contribution in [0.4, 0.5) is 11.4 Å². The lowest BCUT2D eigenvalue weighted by Gasteiger charge is -2.08. The molecule has 0 saturated heterocycles. The highest BCUT2D eigenvalue weighted by atomic mass is 16.6. The molecule has 0 fully saturated rings. The van der Waals surface area contributed by atoms with Crippen molar-refractivity contribution in [3.8, 4) is 6.07 Å².